The number of rotatable bonds is 3. The van der Waals surface area contributed by atoms with Crippen LogP contribution in [-0.4, -0.2) is 9.91 Å². The molecule has 100 valence electrons. The van der Waals surface area contributed by atoms with Crippen molar-refractivity contribution >= 4 is 21.6 Å². The number of nitro groups is 1. The first-order valence-electron chi connectivity index (χ1n) is 5.19. The standard InChI is InChI=1S/C12H5BrFN3O3/c13-7-1-2-8(14)11(5-7)20-12-4-3-10(17(18)19)9(6-15)16-12/h1-5H. The van der Waals surface area contributed by atoms with Gasteiger partial charge in [0.25, 0.3) is 0 Å². The molecule has 1 heterocycles. The number of pyridine rings is 1. The predicted octanol–water partition coefficient (Wildman–Crippen LogP) is 3.56. The van der Waals surface area contributed by atoms with Crippen molar-refractivity contribution in [1.82, 2.24) is 4.98 Å². The summed E-state index contributed by atoms with van der Waals surface area (Å²) in [4.78, 5) is 13.6. The molecule has 2 aromatic rings. The van der Waals surface area contributed by atoms with Gasteiger partial charge in [-0.3, -0.25) is 10.1 Å². The predicted molar refractivity (Wildman–Crippen MR) is 69.8 cm³/mol. The largest absolute Gasteiger partial charge is 0.436 e. The van der Waals surface area contributed by atoms with Crippen LogP contribution >= 0.6 is 15.9 Å². The zero-order valence-electron chi connectivity index (χ0n) is 9.71. The molecule has 1 aromatic carbocycles. The highest BCUT2D eigenvalue weighted by Gasteiger charge is 2.17. The molecule has 0 saturated heterocycles. The molecule has 8 heteroatoms. The van der Waals surface area contributed by atoms with Gasteiger partial charge in [0.15, 0.2) is 11.6 Å². The SMILES string of the molecule is N#Cc1nc(Oc2cc(Br)ccc2F)ccc1[N+](=O)[O-]. The summed E-state index contributed by atoms with van der Waals surface area (Å²) < 4.78 is 19.3. The van der Waals surface area contributed by atoms with Gasteiger partial charge in [0, 0.05) is 16.6 Å². The summed E-state index contributed by atoms with van der Waals surface area (Å²) >= 11 is 3.16. The van der Waals surface area contributed by atoms with E-state index in [4.69, 9.17) is 10.00 Å². The van der Waals surface area contributed by atoms with Crippen LogP contribution in [0.5, 0.6) is 11.6 Å². The van der Waals surface area contributed by atoms with Crippen LogP contribution in [0.3, 0.4) is 0 Å². The molecule has 0 amide bonds. The molecule has 0 aliphatic rings. The first-order valence-corrected chi connectivity index (χ1v) is 5.99. The number of nitrogens with zero attached hydrogens (tertiary/aromatic N) is 3. The summed E-state index contributed by atoms with van der Waals surface area (Å²) in [5.41, 5.74) is -0.836. The number of hydrogen-bond donors (Lipinski definition) is 0. The molecule has 0 atom stereocenters. The summed E-state index contributed by atoms with van der Waals surface area (Å²) in [5.74, 6) is -0.833. The van der Waals surface area contributed by atoms with E-state index in [9.17, 15) is 14.5 Å². The molecule has 0 spiro atoms. The molecule has 6 nitrogen and oxygen atoms in total. The van der Waals surface area contributed by atoms with E-state index in [1.165, 1.54) is 24.3 Å². The van der Waals surface area contributed by atoms with Gasteiger partial charge in [0.2, 0.25) is 11.6 Å². The Bertz CT molecular complexity index is 730. The third-order valence-corrected chi connectivity index (χ3v) is 2.75. The summed E-state index contributed by atoms with van der Waals surface area (Å²) in [7, 11) is 0. The van der Waals surface area contributed by atoms with Crippen molar-refractivity contribution in [2.75, 3.05) is 0 Å². The Hall–Kier alpha value is -2.53. The lowest BCUT2D eigenvalue weighted by molar-refractivity contribution is -0.385. The van der Waals surface area contributed by atoms with E-state index in [-0.39, 0.29) is 11.6 Å². The Labute approximate surface area is 120 Å². The zero-order valence-corrected chi connectivity index (χ0v) is 11.3. The average molecular weight is 338 g/mol. The topological polar surface area (TPSA) is 89.0 Å². The molecule has 0 bridgehead atoms. The second kappa shape index (κ2) is 5.63. The lowest BCUT2D eigenvalue weighted by atomic mass is 10.3. The van der Waals surface area contributed by atoms with Gasteiger partial charge in [-0.05, 0) is 18.2 Å². The van der Waals surface area contributed by atoms with E-state index in [2.05, 4.69) is 20.9 Å². The Morgan fingerprint density at radius 3 is 2.80 bits per heavy atom. The normalized spacial score (nSPS) is 9.85. The Morgan fingerprint density at radius 2 is 2.15 bits per heavy atom. The molecular formula is C12H5BrFN3O3. The molecule has 1 aromatic heterocycles. The van der Waals surface area contributed by atoms with Crippen molar-refractivity contribution in [3.05, 3.63) is 56.4 Å². The van der Waals surface area contributed by atoms with Gasteiger partial charge >= 0.3 is 5.69 Å². The van der Waals surface area contributed by atoms with Gasteiger partial charge < -0.3 is 4.74 Å². The van der Waals surface area contributed by atoms with Crippen LogP contribution in [0, 0.1) is 27.3 Å². The van der Waals surface area contributed by atoms with Gasteiger partial charge in [-0.1, -0.05) is 15.9 Å². The first-order chi connectivity index (χ1) is 9.51. The highest BCUT2D eigenvalue weighted by atomic mass is 79.9. The Kier molecular flexibility index (Phi) is 3.91. The third kappa shape index (κ3) is 2.89. The minimum atomic E-state index is -0.727. The zero-order chi connectivity index (χ0) is 14.7. The highest BCUT2D eigenvalue weighted by molar-refractivity contribution is 9.10. The maximum Gasteiger partial charge on any atom is 0.305 e. The Balaban J connectivity index is 2.38. The van der Waals surface area contributed by atoms with E-state index < -0.39 is 22.1 Å². The lowest BCUT2D eigenvalue weighted by Crippen LogP contribution is -1.97. The summed E-state index contributed by atoms with van der Waals surface area (Å²) in [6.45, 7) is 0. The second-order valence-electron chi connectivity index (χ2n) is 3.56. The summed E-state index contributed by atoms with van der Waals surface area (Å²) in [5, 5.41) is 19.5. The number of hydrogen-bond acceptors (Lipinski definition) is 5. The van der Waals surface area contributed by atoms with Gasteiger partial charge in [0.1, 0.15) is 6.07 Å². The van der Waals surface area contributed by atoms with Gasteiger partial charge in [-0.2, -0.15) is 10.2 Å². The van der Waals surface area contributed by atoms with Crippen molar-refractivity contribution < 1.29 is 14.1 Å². The lowest BCUT2D eigenvalue weighted by Gasteiger charge is -2.06. The minimum Gasteiger partial charge on any atom is -0.436 e. The monoisotopic (exact) mass is 337 g/mol. The van der Waals surface area contributed by atoms with E-state index in [1.807, 2.05) is 0 Å². The fourth-order valence-corrected chi connectivity index (χ4v) is 1.73. The number of aromatic nitrogens is 1. The minimum absolute atomic E-state index is 0.107. The number of benzene rings is 1. The molecule has 0 N–H and O–H groups in total. The molecule has 20 heavy (non-hydrogen) atoms. The van der Waals surface area contributed by atoms with Crippen molar-refractivity contribution in [1.29, 1.82) is 5.26 Å². The average Bonchev–Trinajstić information content (AvgIpc) is 2.42. The van der Waals surface area contributed by atoms with E-state index in [0.717, 1.165) is 6.07 Å². The van der Waals surface area contributed by atoms with E-state index in [0.29, 0.717) is 4.47 Å². The van der Waals surface area contributed by atoms with Crippen LogP contribution in [0.25, 0.3) is 0 Å². The fourth-order valence-electron chi connectivity index (χ4n) is 1.39. The molecule has 0 saturated carbocycles. The van der Waals surface area contributed by atoms with Gasteiger partial charge in [0.05, 0.1) is 4.92 Å². The molecule has 0 aliphatic carbocycles. The van der Waals surface area contributed by atoms with Gasteiger partial charge in [-0.15, -0.1) is 0 Å². The van der Waals surface area contributed by atoms with Crippen LogP contribution in [-0.2, 0) is 0 Å². The third-order valence-electron chi connectivity index (χ3n) is 2.26. The van der Waals surface area contributed by atoms with Crippen molar-refractivity contribution in [2.45, 2.75) is 0 Å². The number of nitriles is 1. The highest BCUT2D eigenvalue weighted by Crippen LogP contribution is 2.28. The Morgan fingerprint density at radius 1 is 1.40 bits per heavy atom. The van der Waals surface area contributed by atoms with Gasteiger partial charge in [-0.25, -0.2) is 4.39 Å². The smallest absolute Gasteiger partial charge is 0.305 e. The molecule has 2 rings (SSSR count). The fraction of sp³-hybridized carbons (Fsp3) is 0. The van der Waals surface area contributed by atoms with Crippen LogP contribution < -0.4 is 4.74 Å². The van der Waals surface area contributed by atoms with Crippen LogP contribution in [0.4, 0.5) is 10.1 Å². The molecule has 0 fully saturated rings. The van der Waals surface area contributed by atoms with Crippen LogP contribution in [0.15, 0.2) is 34.8 Å². The van der Waals surface area contributed by atoms with Crippen LogP contribution in [0.2, 0.25) is 0 Å². The maximum atomic E-state index is 13.5. The molecular weight excluding hydrogens is 333 g/mol. The first kappa shape index (κ1) is 13.9. The second-order valence-corrected chi connectivity index (χ2v) is 4.48. The molecule has 0 unspecified atom stereocenters. The van der Waals surface area contributed by atoms with Crippen LogP contribution in [0.1, 0.15) is 5.69 Å². The summed E-state index contributed by atoms with van der Waals surface area (Å²) in [6.07, 6.45) is 0. The van der Waals surface area contributed by atoms with E-state index >= 15 is 0 Å². The van der Waals surface area contributed by atoms with E-state index in [1.54, 1.807) is 6.07 Å². The maximum absolute atomic E-state index is 13.5. The van der Waals surface area contributed by atoms with Crippen molar-refractivity contribution in [3.8, 4) is 17.7 Å². The molecule has 0 radical (unpaired) electrons. The quantitative estimate of drug-likeness (QED) is 0.631. The molecule has 0 aliphatic heterocycles. The van der Waals surface area contributed by atoms with Crippen molar-refractivity contribution in [3.63, 3.8) is 0 Å². The number of ether oxygens (including phenoxy) is 1. The number of halogens is 2. The summed E-state index contributed by atoms with van der Waals surface area (Å²) in [6, 6.07) is 7.93. The van der Waals surface area contributed by atoms with Crippen molar-refractivity contribution in [2.24, 2.45) is 0 Å².